The Hall–Kier alpha value is -0.980. The Morgan fingerprint density at radius 1 is 1.22 bits per heavy atom. The highest BCUT2D eigenvalue weighted by Crippen LogP contribution is 2.21. The first-order chi connectivity index (χ1) is 10.7. The van der Waals surface area contributed by atoms with Crippen LogP contribution in [0, 0.1) is 11.8 Å². The Balaban J connectivity index is 2.43. The first-order valence-electron chi connectivity index (χ1n) is 8.48. The van der Waals surface area contributed by atoms with E-state index in [0.29, 0.717) is 24.5 Å². The number of halogens is 3. The van der Waals surface area contributed by atoms with Gasteiger partial charge in [-0.05, 0) is 37.8 Å². The van der Waals surface area contributed by atoms with E-state index in [2.05, 4.69) is 41.3 Å². The van der Waals surface area contributed by atoms with Gasteiger partial charge < -0.3 is 10.6 Å². The van der Waals surface area contributed by atoms with Crippen LogP contribution >= 0.6 is 0 Å². The fourth-order valence-electron chi connectivity index (χ4n) is 2.89. The van der Waals surface area contributed by atoms with Gasteiger partial charge in [-0.1, -0.05) is 20.8 Å². The molecule has 0 aromatic rings. The Labute approximate surface area is 137 Å². The van der Waals surface area contributed by atoms with E-state index in [-0.39, 0.29) is 6.54 Å². The van der Waals surface area contributed by atoms with Gasteiger partial charge in [-0.3, -0.25) is 9.89 Å². The summed E-state index contributed by atoms with van der Waals surface area (Å²) in [6.07, 6.45) is -2.58. The number of rotatable bonds is 6. The van der Waals surface area contributed by atoms with Crippen LogP contribution in [0.5, 0.6) is 0 Å². The molecule has 1 unspecified atom stereocenters. The molecule has 4 nitrogen and oxygen atoms in total. The lowest BCUT2D eigenvalue weighted by Crippen LogP contribution is -2.51. The van der Waals surface area contributed by atoms with Gasteiger partial charge in [0.15, 0.2) is 5.96 Å². The zero-order valence-corrected chi connectivity index (χ0v) is 14.7. The molecule has 7 heteroatoms. The van der Waals surface area contributed by atoms with Crippen LogP contribution in [0.3, 0.4) is 0 Å². The number of alkyl halides is 3. The van der Waals surface area contributed by atoms with Crippen LogP contribution in [0.1, 0.15) is 40.0 Å². The number of likely N-dealkylation sites (tertiary alicyclic amines) is 1. The van der Waals surface area contributed by atoms with E-state index in [1.54, 1.807) is 7.05 Å². The number of guanidine groups is 1. The van der Waals surface area contributed by atoms with Gasteiger partial charge in [-0.25, -0.2) is 0 Å². The number of piperidine rings is 1. The minimum absolute atomic E-state index is 0.156. The molecule has 1 aliphatic heterocycles. The minimum Gasteiger partial charge on any atom is -0.356 e. The molecule has 1 atom stereocenters. The fourth-order valence-corrected chi connectivity index (χ4v) is 2.89. The SMILES string of the molecule is CN=C(NCCC(F)(F)F)NCC(C(C)C)N1CCC(C)CC1. The highest BCUT2D eigenvalue weighted by molar-refractivity contribution is 5.79. The van der Waals surface area contributed by atoms with E-state index in [1.807, 2.05) is 0 Å². The second-order valence-corrected chi connectivity index (χ2v) is 6.77. The van der Waals surface area contributed by atoms with Crippen LogP contribution in [-0.4, -0.2) is 56.3 Å². The molecule has 0 amide bonds. The maximum atomic E-state index is 12.2. The first kappa shape index (κ1) is 20.1. The van der Waals surface area contributed by atoms with Crippen molar-refractivity contribution in [1.82, 2.24) is 15.5 Å². The van der Waals surface area contributed by atoms with Gasteiger partial charge in [0, 0.05) is 26.2 Å². The van der Waals surface area contributed by atoms with E-state index < -0.39 is 12.6 Å². The Bertz CT molecular complexity index is 361. The van der Waals surface area contributed by atoms with Crippen LogP contribution < -0.4 is 10.6 Å². The van der Waals surface area contributed by atoms with Crippen molar-refractivity contribution in [3.63, 3.8) is 0 Å². The molecule has 1 heterocycles. The molecule has 0 bridgehead atoms. The molecule has 0 saturated carbocycles. The largest absolute Gasteiger partial charge is 0.390 e. The number of nitrogens with zero attached hydrogens (tertiary/aromatic N) is 2. The molecule has 136 valence electrons. The lowest BCUT2D eigenvalue weighted by Gasteiger charge is -2.39. The topological polar surface area (TPSA) is 39.7 Å². The summed E-state index contributed by atoms with van der Waals surface area (Å²) in [7, 11) is 1.58. The van der Waals surface area contributed by atoms with E-state index >= 15 is 0 Å². The molecule has 0 aromatic heterocycles. The van der Waals surface area contributed by atoms with Crippen molar-refractivity contribution in [1.29, 1.82) is 0 Å². The van der Waals surface area contributed by atoms with Crippen LogP contribution in [0.2, 0.25) is 0 Å². The van der Waals surface area contributed by atoms with Crippen LogP contribution in [0.15, 0.2) is 4.99 Å². The summed E-state index contributed by atoms with van der Waals surface area (Å²) >= 11 is 0. The highest BCUT2D eigenvalue weighted by atomic mass is 19.4. The summed E-state index contributed by atoms with van der Waals surface area (Å²) in [5, 5.41) is 5.91. The zero-order valence-electron chi connectivity index (χ0n) is 14.7. The third-order valence-electron chi connectivity index (χ3n) is 4.46. The predicted octanol–water partition coefficient (Wildman–Crippen LogP) is 2.86. The summed E-state index contributed by atoms with van der Waals surface area (Å²) in [4.78, 5) is 6.49. The lowest BCUT2D eigenvalue weighted by atomic mass is 9.94. The quantitative estimate of drug-likeness (QED) is 0.579. The minimum atomic E-state index is -4.14. The normalized spacial score (nSPS) is 19.9. The van der Waals surface area contributed by atoms with Crippen LogP contribution in [0.25, 0.3) is 0 Å². The van der Waals surface area contributed by atoms with Crippen molar-refractivity contribution in [3.8, 4) is 0 Å². The average Bonchev–Trinajstić information content (AvgIpc) is 2.45. The van der Waals surface area contributed by atoms with E-state index in [1.165, 1.54) is 12.8 Å². The smallest absolute Gasteiger partial charge is 0.356 e. The van der Waals surface area contributed by atoms with Crippen molar-refractivity contribution < 1.29 is 13.2 Å². The van der Waals surface area contributed by atoms with Gasteiger partial charge in [0.1, 0.15) is 0 Å². The van der Waals surface area contributed by atoms with Gasteiger partial charge in [0.25, 0.3) is 0 Å². The summed E-state index contributed by atoms with van der Waals surface area (Å²) in [5.41, 5.74) is 0. The van der Waals surface area contributed by atoms with Gasteiger partial charge >= 0.3 is 6.18 Å². The lowest BCUT2D eigenvalue weighted by molar-refractivity contribution is -0.132. The van der Waals surface area contributed by atoms with Crippen molar-refractivity contribution in [2.24, 2.45) is 16.8 Å². The van der Waals surface area contributed by atoms with Crippen molar-refractivity contribution in [2.45, 2.75) is 52.3 Å². The first-order valence-corrected chi connectivity index (χ1v) is 8.48. The Kier molecular flexibility index (Phi) is 8.16. The van der Waals surface area contributed by atoms with Gasteiger partial charge in [0.2, 0.25) is 0 Å². The van der Waals surface area contributed by atoms with Crippen molar-refractivity contribution in [3.05, 3.63) is 0 Å². The van der Waals surface area contributed by atoms with Crippen LogP contribution in [-0.2, 0) is 0 Å². The van der Waals surface area contributed by atoms with E-state index in [4.69, 9.17) is 0 Å². The molecule has 0 radical (unpaired) electrons. The Morgan fingerprint density at radius 2 is 1.83 bits per heavy atom. The molecular weight excluding hydrogens is 305 g/mol. The zero-order chi connectivity index (χ0) is 17.5. The fraction of sp³-hybridized carbons (Fsp3) is 0.938. The second kappa shape index (κ2) is 9.35. The molecule has 2 N–H and O–H groups in total. The molecule has 1 saturated heterocycles. The summed E-state index contributed by atoms with van der Waals surface area (Å²) < 4.78 is 36.6. The standard InChI is InChI=1S/C16H31F3N4/c1-12(2)14(23-9-5-13(3)6-10-23)11-22-15(20-4)21-8-7-16(17,18)19/h12-14H,5-11H2,1-4H3,(H2,20,21,22). The maximum Gasteiger partial charge on any atom is 0.390 e. The monoisotopic (exact) mass is 336 g/mol. The molecule has 1 aliphatic rings. The third kappa shape index (κ3) is 7.90. The molecule has 1 rings (SSSR count). The number of nitrogens with one attached hydrogen (secondary N) is 2. The second-order valence-electron chi connectivity index (χ2n) is 6.77. The molecular formula is C16H31F3N4. The third-order valence-corrected chi connectivity index (χ3v) is 4.46. The Morgan fingerprint density at radius 3 is 2.30 bits per heavy atom. The number of hydrogen-bond acceptors (Lipinski definition) is 2. The summed E-state index contributed by atoms with van der Waals surface area (Å²) in [6.45, 7) is 9.37. The van der Waals surface area contributed by atoms with Gasteiger partial charge in [-0.15, -0.1) is 0 Å². The molecule has 0 aromatic carbocycles. The van der Waals surface area contributed by atoms with E-state index in [9.17, 15) is 13.2 Å². The average molecular weight is 336 g/mol. The van der Waals surface area contributed by atoms with Crippen molar-refractivity contribution in [2.75, 3.05) is 33.2 Å². The highest BCUT2D eigenvalue weighted by Gasteiger charge is 2.27. The molecule has 1 fully saturated rings. The number of aliphatic imine (C=N–C) groups is 1. The van der Waals surface area contributed by atoms with E-state index in [0.717, 1.165) is 19.0 Å². The van der Waals surface area contributed by atoms with Crippen LogP contribution in [0.4, 0.5) is 13.2 Å². The molecule has 0 spiro atoms. The van der Waals surface area contributed by atoms with Gasteiger partial charge in [-0.2, -0.15) is 13.2 Å². The van der Waals surface area contributed by atoms with Crippen molar-refractivity contribution >= 4 is 5.96 Å². The predicted molar refractivity (Wildman–Crippen MR) is 88.6 cm³/mol. The molecule has 23 heavy (non-hydrogen) atoms. The maximum absolute atomic E-state index is 12.2. The summed E-state index contributed by atoms with van der Waals surface area (Å²) in [6, 6.07) is 0.365. The number of hydrogen-bond donors (Lipinski definition) is 2. The van der Waals surface area contributed by atoms with Gasteiger partial charge in [0.05, 0.1) is 6.42 Å². The molecule has 0 aliphatic carbocycles. The summed E-state index contributed by atoms with van der Waals surface area (Å²) in [5.74, 6) is 1.69.